The van der Waals surface area contributed by atoms with Crippen molar-refractivity contribution in [2.45, 2.75) is 24.4 Å². The van der Waals surface area contributed by atoms with Gasteiger partial charge in [-0.1, -0.05) is 6.07 Å². The highest BCUT2D eigenvalue weighted by Gasteiger charge is 2.26. The van der Waals surface area contributed by atoms with Crippen LogP contribution in [0.5, 0.6) is 0 Å². The fraction of sp³-hybridized carbons (Fsp3) is 0.438. The number of rotatable bonds is 6. The first-order valence-electron chi connectivity index (χ1n) is 8.41. The molecule has 3 rings (SSSR count). The summed E-state index contributed by atoms with van der Waals surface area (Å²) in [5.41, 5.74) is 0.312. The van der Waals surface area contributed by atoms with E-state index in [1.807, 2.05) is 6.92 Å². The van der Waals surface area contributed by atoms with Gasteiger partial charge >= 0.3 is 0 Å². The second-order valence-electron chi connectivity index (χ2n) is 6.17. The topological polar surface area (TPSA) is 109 Å². The van der Waals surface area contributed by atoms with E-state index in [1.54, 1.807) is 23.1 Å². The minimum Gasteiger partial charge on any atom is -0.348 e. The fourth-order valence-corrected chi connectivity index (χ4v) is 4.28. The molecule has 140 valence electrons. The lowest BCUT2D eigenvalue weighted by Gasteiger charge is -2.26. The van der Waals surface area contributed by atoms with Crippen molar-refractivity contribution in [1.82, 2.24) is 29.7 Å². The molecule has 1 atom stereocenters. The van der Waals surface area contributed by atoms with E-state index in [-0.39, 0.29) is 16.8 Å². The van der Waals surface area contributed by atoms with Crippen molar-refractivity contribution in [2.24, 2.45) is 0 Å². The van der Waals surface area contributed by atoms with Crippen LogP contribution in [0.2, 0.25) is 0 Å². The number of benzene rings is 1. The number of piperazine rings is 1. The van der Waals surface area contributed by atoms with Gasteiger partial charge in [0.2, 0.25) is 10.0 Å². The number of carbonyl (C=O) groups excluding carboxylic acids is 1. The monoisotopic (exact) mass is 378 g/mol. The Bertz CT molecular complexity index is 847. The Morgan fingerprint density at radius 1 is 1.35 bits per heavy atom. The highest BCUT2D eigenvalue weighted by Crippen LogP contribution is 2.17. The minimum absolute atomic E-state index is 0.135. The Morgan fingerprint density at radius 2 is 2.12 bits per heavy atom. The molecular weight excluding hydrogens is 356 g/mol. The molecule has 1 fully saturated rings. The average molecular weight is 378 g/mol. The molecule has 2 N–H and O–H groups in total. The van der Waals surface area contributed by atoms with E-state index in [0.29, 0.717) is 38.3 Å². The van der Waals surface area contributed by atoms with Crippen LogP contribution >= 0.6 is 0 Å². The number of aromatic nitrogens is 3. The van der Waals surface area contributed by atoms with Crippen molar-refractivity contribution in [3.63, 3.8) is 0 Å². The van der Waals surface area contributed by atoms with Gasteiger partial charge in [0.1, 0.15) is 12.7 Å². The maximum atomic E-state index is 12.7. The zero-order chi connectivity index (χ0) is 18.6. The molecule has 0 saturated carbocycles. The summed E-state index contributed by atoms with van der Waals surface area (Å²) in [6.45, 7) is 4.42. The second-order valence-corrected chi connectivity index (χ2v) is 8.11. The zero-order valence-electron chi connectivity index (χ0n) is 14.5. The highest BCUT2D eigenvalue weighted by atomic mass is 32.2. The largest absolute Gasteiger partial charge is 0.348 e. The summed E-state index contributed by atoms with van der Waals surface area (Å²) in [6, 6.07) is 5.96. The molecule has 1 aromatic carbocycles. The summed E-state index contributed by atoms with van der Waals surface area (Å²) >= 11 is 0. The third-order valence-electron chi connectivity index (χ3n) is 4.11. The van der Waals surface area contributed by atoms with Gasteiger partial charge in [-0.05, 0) is 25.1 Å². The van der Waals surface area contributed by atoms with Crippen molar-refractivity contribution in [3.05, 3.63) is 42.5 Å². The Kier molecular flexibility index (Phi) is 5.64. The molecule has 26 heavy (non-hydrogen) atoms. The SMILES string of the molecule is CC(Cn1cncn1)NC(=O)c1cccc(S(=O)(=O)N2CCNCC2)c1. The van der Waals surface area contributed by atoms with Crippen molar-refractivity contribution >= 4 is 15.9 Å². The lowest BCUT2D eigenvalue weighted by atomic mass is 10.2. The van der Waals surface area contributed by atoms with Gasteiger partial charge in [-0.2, -0.15) is 9.40 Å². The third kappa shape index (κ3) is 4.26. The number of nitrogens with one attached hydrogen (secondary N) is 2. The minimum atomic E-state index is -3.60. The fourth-order valence-electron chi connectivity index (χ4n) is 2.79. The number of nitrogens with zero attached hydrogens (tertiary/aromatic N) is 4. The van der Waals surface area contributed by atoms with Crippen LogP contribution in [0, 0.1) is 0 Å². The predicted molar refractivity (Wildman–Crippen MR) is 95.0 cm³/mol. The maximum absolute atomic E-state index is 12.7. The van der Waals surface area contributed by atoms with Gasteiger partial charge in [0.25, 0.3) is 5.91 Å². The van der Waals surface area contributed by atoms with Crippen LogP contribution in [-0.4, -0.2) is 65.6 Å². The first-order valence-corrected chi connectivity index (χ1v) is 9.85. The lowest BCUT2D eigenvalue weighted by Crippen LogP contribution is -2.46. The molecule has 1 aliphatic rings. The molecular formula is C16H22N6O3S. The van der Waals surface area contributed by atoms with Gasteiger partial charge in [0, 0.05) is 37.8 Å². The smallest absolute Gasteiger partial charge is 0.251 e. The van der Waals surface area contributed by atoms with Crippen molar-refractivity contribution in [3.8, 4) is 0 Å². The van der Waals surface area contributed by atoms with E-state index in [9.17, 15) is 13.2 Å². The molecule has 1 saturated heterocycles. The highest BCUT2D eigenvalue weighted by molar-refractivity contribution is 7.89. The summed E-state index contributed by atoms with van der Waals surface area (Å²) in [4.78, 5) is 16.5. The molecule has 9 nitrogen and oxygen atoms in total. The summed E-state index contributed by atoms with van der Waals surface area (Å²) in [6.07, 6.45) is 3.00. The summed E-state index contributed by atoms with van der Waals surface area (Å²) in [7, 11) is -3.60. The average Bonchev–Trinajstić information content (AvgIpc) is 3.15. The van der Waals surface area contributed by atoms with Crippen molar-refractivity contribution in [1.29, 1.82) is 0 Å². The Hall–Kier alpha value is -2.30. The Labute approximate surface area is 152 Å². The molecule has 10 heteroatoms. The number of hydrogen-bond acceptors (Lipinski definition) is 6. The van der Waals surface area contributed by atoms with Crippen LogP contribution in [0.15, 0.2) is 41.8 Å². The molecule has 2 aromatic rings. The summed E-state index contributed by atoms with van der Waals surface area (Å²) in [5, 5.41) is 9.97. The van der Waals surface area contributed by atoms with E-state index >= 15 is 0 Å². The molecule has 0 radical (unpaired) electrons. The van der Waals surface area contributed by atoms with Crippen LogP contribution in [0.3, 0.4) is 0 Å². The molecule has 0 aliphatic carbocycles. The molecule has 1 aliphatic heterocycles. The predicted octanol–water partition coefficient (Wildman–Crippen LogP) is -0.309. The van der Waals surface area contributed by atoms with Gasteiger partial charge < -0.3 is 10.6 Å². The summed E-state index contributed by atoms with van der Waals surface area (Å²) in [5.74, 6) is -0.324. The van der Waals surface area contributed by atoms with Gasteiger partial charge in [0.15, 0.2) is 0 Å². The molecule has 2 heterocycles. The second kappa shape index (κ2) is 7.94. The quantitative estimate of drug-likeness (QED) is 0.714. The van der Waals surface area contributed by atoms with Crippen LogP contribution in [0.1, 0.15) is 17.3 Å². The molecule has 1 amide bonds. The Morgan fingerprint density at radius 3 is 2.81 bits per heavy atom. The van der Waals surface area contributed by atoms with E-state index < -0.39 is 10.0 Å². The molecule has 1 aromatic heterocycles. The standard InChI is InChI=1S/C16H22N6O3S/c1-13(10-21-12-18-11-19-21)20-16(23)14-3-2-4-15(9-14)26(24,25)22-7-5-17-6-8-22/h2-4,9,11-13,17H,5-8,10H2,1H3,(H,20,23). The number of carbonyl (C=O) groups is 1. The van der Waals surface area contributed by atoms with Crippen LogP contribution < -0.4 is 10.6 Å². The van der Waals surface area contributed by atoms with E-state index in [2.05, 4.69) is 20.7 Å². The first-order chi connectivity index (χ1) is 12.5. The zero-order valence-corrected chi connectivity index (χ0v) is 15.3. The van der Waals surface area contributed by atoms with Gasteiger partial charge in [-0.3, -0.25) is 9.48 Å². The van der Waals surface area contributed by atoms with Crippen LogP contribution in [0.25, 0.3) is 0 Å². The van der Waals surface area contributed by atoms with Crippen molar-refractivity contribution < 1.29 is 13.2 Å². The van der Waals surface area contributed by atoms with Gasteiger partial charge in [0.05, 0.1) is 11.4 Å². The van der Waals surface area contributed by atoms with Gasteiger partial charge in [-0.15, -0.1) is 0 Å². The number of hydrogen-bond donors (Lipinski definition) is 2. The first kappa shape index (κ1) is 18.5. The van der Waals surface area contributed by atoms with E-state index in [0.717, 1.165) is 0 Å². The molecule has 0 bridgehead atoms. The maximum Gasteiger partial charge on any atom is 0.251 e. The summed E-state index contributed by atoms with van der Waals surface area (Å²) < 4.78 is 28.5. The normalized spacial score (nSPS) is 17.0. The van der Waals surface area contributed by atoms with Crippen LogP contribution in [0.4, 0.5) is 0 Å². The Balaban J connectivity index is 1.70. The molecule has 0 spiro atoms. The third-order valence-corrected chi connectivity index (χ3v) is 6.01. The van der Waals surface area contributed by atoms with E-state index in [1.165, 1.54) is 22.8 Å². The van der Waals surface area contributed by atoms with Crippen molar-refractivity contribution in [2.75, 3.05) is 26.2 Å². The van der Waals surface area contributed by atoms with E-state index in [4.69, 9.17) is 0 Å². The van der Waals surface area contributed by atoms with Crippen LogP contribution in [-0.2, 0) is 16.6 Å². The number of sulfonamides is 1. The molecule has 1 unspecified atom stereocenters. The van der Waals surface area contributed by atoms with Gasteiger partial charge in [-0.25, -0.2) is 13.4 Å². The number of amides is 1. The lowest BCUT2D eigenvalue weighted by molar-refractivity contribution is 0.0935.